The summed E-state index contributed by atoms with van der Waals surface area (Å²) >= 11 is 0. The van der Waals surface area contributed by atoms with Crippen LogP contribution in [-0.4, -0.2) is 36.4 Å². The number of hydrogen-bond donors (Lipinski definition) is 1. The lowest BCUT2D eigenvalue weighted by Crippen LogP contribution is -2.28. The van der Waals surface area contributed by atoms with E-state index in [1.54, 1.807) is 0 Å². The van der Waals surface area contributed by atoms with Gasteiger partial charge in [0.1, 0.15) is 6.61 Å². The summed E-state index contributed by atoms with van der Waals surface area (Å²) in [7, 11) is 0. The highest BCUT2D eigenvalue weighted by molar-refractivity contribution is 5.70. The second-order valence-corrected chi connectivity index (χ2v) is 13.3. The van der Waals surface area contributed by atoms with Gasteiger partial charge in [-0.15, -0.1) is 0 Å². The van der Waals surface area contributed by atoms with Crippen molar-refractivity contribution in [3.63, 3.8) is 0 Å². The topological polar surface area (TPSA) is 72.8 Å². The zero-order valence-corrected chi connectivity index (χ0v) is 32.4. The van der Waals surface area contributed by atoms with E-state index in [1.807, 2.05) is 0 Å². The summed E-state index contributed by atoms with van der Waals surface area (Å²) in [6.07, 6.45) is 54.0. The Balaban J connectivity index is 3.65. The number of aliphatic hydroxyl groups excluding tert-OH is 1. The molecule has 0 heterocycles. The molecule has 0 aliphatic carbocycles. The van der Waals surface area contributed by atoms with E-state index in [0.717, 1.165) is 57.8 Å². The van der Waals surface area contributed by atoms with Crippen molar-refractivity contribution in [2.24, 2.45) is 0 Å². The molecule has 0 fully saturated rings. The molecule has 286 valence electrons. The van der Waals surface area contributed by atoms with E-state index in [4.69, 9.17) is 9.47 Å². The van der Waals surface area contributed by atoms with Gasteiger partial charge in [0.2, 0.25) is 0 Å². The summed E-state index contributed by atoms with van der Waals surface area (Å²) in [6.45, 7) is 3.96. The van der Waals surface area contributed by atoms with Crippen LogP contribution >= 0.6 is 0 Å². The number of hydrogen-bond acceptors (Lipinski definition) is 5. The lowest BCUT2D eigenvalue weighted by Gasteiger charge is -2.15. The molecule has 0 amide bonds. The first kappa shape index (κ1) is 47.3. The van der Waals surface area contributed by atoms with Crippen molar-refractivity contribution >= 4 is 11.9 Å². The Labute approximate surface area is 308 Å². The minimum Gasteiger partial charge on any atom is -0.462 e. The number of rotatable bonds is 36. The first-order chi connectivity index (χ1) is 24.6. The van der Waals surface area contributed by atoms with Crippen LogP contribution in [0.25, 0.3) is 0 Å². The Morgan fingerprint density at radius 3 is 1.38 bits per heavy atom. The number of carbonyl (C=O) groups excluding carboxylic acids is 2. The highest BCUT2D eigenvalue weighted by Crippen LogP contribution is 2.13. The van der Waals surface area contributed by atoms with E-state index in [1.165, 1.54) is 89.9 Å². The third kappa shape index (κ3) is 38.1. The second kappa shape index (κ2) is 40.8. The second-order valence-electron chi connectivity index (χ2n) is 13.3. The summed E-state index contributed by atoms with van der Waals surface area (Å²) in [5.74, 6) is -0.665. The van der Waals surface area contributed by atoms with Crippen LogP contribution in [0.1, 0.15) is 181 Å². The molecule has 0 spiro atoms. The highest BCUT2D eigenvalue weighted by Gasteiger charge is 2.15. The predicted octanol–water partition coefficient (Wildman–Crippen LogP) is 13.0. The molecule has 0 aromatic rings. The average molecular weight is 697 g/mol. The Morgan fingerprint density at radius 2 is 0.880 bits per heavy atom. The number of aliphatic hydroxyl groups is 1. The number of ether oxygens (including phenoxy) is 2. The molecule has 0 saturated carbocycles. The van der Waals surface area contributed by atoms with Gasteiger partial charge in [0.25, 0.3) is 0 Å². The fourth-order valence-corrected chi connectivity index (χ4v) is 5.41. The molecule has 0 aliphatic rings. The molecule has 0 radical (unpaired) electrons. The quantitative estimate of drug-likeness (QED) is 0.0401. The number of unbranched alkanes of at least 4 members (excludes halogenated alkanes) is 16. The van der Waals surface area contributed by atoms with Gasteiger partial charge >= 0.3 is 11.9 Å². The first-order valence-electron chi connectivity index (χ1n) is 20.5. The normalized spacial score (nSPS) is 12.9. The van der Waals surface area contributed by atoms with Crippen molar-refractivity contribution in [2.45, 2.75) is 187 Å². The third-order valence-electron chi connectivity index (χ3n) is 8.48. The largest absolute Gasteiger partial charge is 0.462 e. The average Bonchev–Trinajstić information content (AvgIpc) is 3.12. The molecule has 0 bridgehead atoms. The standard InChI is InChI=1S/C45H76O5/c1-3-5-7-9-11-13-15-17-19-21-22-24-25-27-29-31-33-35-37-39-44(47)49-42-43(41-46)50-45(48)40-38-36-34-32-30-28-26-23-20-18-16-14-12-10-8-6-4-2/h6,8,12,14,17-20,26,28,32,34,43,46H,3-5,7,9-11,13,15-16,21-25,27,29-31,33,35-42H2,1-2H3/b8-6-,14-12-,19-17-,20-18-,28-26-,34-32-. The maximum absolute atomic E-state index is 12.2. The zero-order chi connectivity index (χ0) is 36.4. The SMILES string of the molecule is CC/C=C\C/C=C\C/C=C\C/C=C\C/C=C\CCCC(=O)OC(CO)COC(=O)CCCCCCCCCCC/C=C\CCCCCCCC. The highest BCUT2D eigenvalue weighted by atomic mass is 16.6. The number of esters is 2. The minimum atomic E-state index is -0.804. The molecule has 0 aromatic carbocycles. The Kier molecular flexibility index (Phi) is 38.6. The molecule has 1 unspecified atom stereocenters. The first-order valence-corrected chi connectivity index (χ1v) is 20.5. The van der Waals surface area contributed by atoms with E-state index in [-0.39, 0.29) is 31.6 Å². The molecule has 0 rings (SSSR count). The van der Waals surface area contributed by atoms with Crippen molar-refractivity contribution in [2.75, 3.05) is 13.2 Å². The minimum absolute atomic E-state index is 0.0925. The molecular formula is C45H76O5. The van der Waals surface area contributed by atoms with Gasteiger partial charge in [-0.25, -0.2) is 0 Å². The van der Waals surface area contributed by atoms with Gasteiger partial charge in [0, 0.05) is 12.8 Å². The van der Waals surface area contributed by atoms with Gasteiger partial charge in [-0.3, -0.25) is 9.59 Å². The Hall–Kier alpha value is -2.66. The Morgan fingerprint density at radius 1 is 0.480 bits per heavy atom. The summed E-state index contributed by atoms with van der Waals surface area (Å²) in [5, 5.41) is 9.55. The molecule has 1 N–H and O–H groups in total. The van der Waals surface area contributed by atoms with Gasteiger partial charge in [0.15, 0.2) is 6.10 Å². The fraction of sp³-hybridized carbons (Fsp3) is 0.689. The number of carbonyl (C=O) groups is 2. The molecule has 50 heavy (non-hydrogen) atoms. The maximum Gasteiger partial charge on any atom is 0.306 e. The molecule has 1 atom stereocenters. The van der Waals surface area contributed by atoms with Crippen LogP contribution in [0.3, 0.4) is 0 Å². The summed E-state index contributed by atoms with van der Waals surface area (Å²) in [4.78, 5) is 24.3. The molecule has 0 aliphatic heterocycles. The van der Waals surface area contributed by atoms with Gasteiger partial charge < -0.3 is 14.6 Å². The fourth-order valence-electron chi connectivity index (χ4n) is 5.41. The van der Waals surface area contributed by atoms with E-state index < -0.39 is 6.10 Å². The van der Waals surface area contributed by atoms with Crippen molar-refractivity contribution < 1.29 is 24.2 Å². The van der Waals surface area contributed by atoms with E-state index in [9.17, 15) is 14.7 Å². The lowest BCUT2D eigenvalue weighted by molar-refractivity contribution is -0.161. The molecule has 0 saturated heterocycles. The summed E-state index contributed by atoms with van der Waals surface area (Å²) in [5.41, 5.74) is 0. The smallest absolute Gasteiger partial charge is 0.306 e. The van der Waals surface area contributed by atoms with Crippen LogP contribution in [0, 0.1) is 0 Å². The summed E-state index contributed by atoms with van der Waals surface area (Å²) < 4.78 is 10.6. The maximum atomic E-state index is 12.2. The van der Waals surface area contributed by atoms with Crippen molar-refractivity contribution in [3.05, 3.63) is 72.9 Å². The van der Waals surface area contributed by atoms with Crippen LogP contribution in [0.4, 0.5) is 0 Å². The van der Waals surface area contributed by atoms with Crippen LogP contribution < -0.4 is 0 Å². The van der Waals surface area contributed by atoms with Crippen LogP contribution in [0.2, 0.25) is 0 Å². The Bertz CT molecular complexity index is 926. The predicted molar refractivity (Wildman–Crippen MR) is 214 cm³/mol. The summed E-state index contributed by atoms with van der Waals surface area (Å²) in [6, 6.07) is 0. The number of allylic oxidation sites excluding steroid dienone is 12. The van der Waals surface area contributed by atoms with E-state index >= 15 is 0 Å². The van der Waals surface area contributed by atoms with Crippen molar-refractivity contribution in [1.29, 1.82) is 0 Å². The van der Waals surface area contributed by atoms with E-state index in [0.29, 0.717) is 12.8 Å². The third-order valence-corrected chi connectivity index (χ3v) is 8.48. The molecular weight excluding hydrogens is 620 g/mol. The molecule has 5 nitrogen and oxygen atoms in total. The molecule has 0 aromatic heterocycles. The van der Waals surface area contributed by atoms with Crippen molar-refractivity contribution in [1.82, 2.24) is 0 Å². The van der Waals surface area contributed by atoms with Crippen molar-refractivity contribution in [3.8, 4) is 0 Å². The van der Waals surface area contributed by atoms with Crippen LogP contribution in [0.5, 0.6) is 0 Å². The van der Waals surface area contributed by atoms with Gasteiger partial charge in [-0.05, 0) is 77.0 Å². The monoisotopic (exact) mass is 697 g/mol. The lowest BCUT2D eigenvalue weighted by atomic mass is 10.1. The van der Waals surface area contributed by atoms with Crippen LogP contribution in [-0.2, 0) is 19.1 Å². The zero-order valence-electron chi connectivity index (χ0n) is 32.4. The van der Waals surface area contributed by atoms with E-state index in [2.05, 4.69) is 86.8 Å². The van der Waals surface area contributed by atoms with Gasteiger partial charge in [-0.2, -0.15) is 0 Å². The van der Waals surface area contributed by atoms with Crippen LogP contribution in [0.15, 0.2) is 72.9 Å². The molecule has 5 heteroatoms. The van der Waals surface area contributed by atoms with Gasteiger partial charge in [-0.1, -0.05) is 164 Å². The van der Waals surface area contributed by atoms with Gasteiger partial charge in [0.05, 0.1) is 6.61 Å².